The minimum atomic E-state index is -1.69. The van der Waals surface area contributed by atoms with Crippen LogP contribution in [0.25, 0.3) is 0 Å². The molecule has 1 unspecified atom stereocenters. The van der Waals surface area contributed by atoms with Gasteiger partial charge in [0.05, 0.1) is 12.7 Å². The molecule has 15 nitrogen and oxygen atoms in total. The van der Waals surface area contributed by atoms with Gasteiger partial charge in [0.25, 0.3) is 5.56 Å². The number of rotatable bonds is 6. The summed E-state index contributed by atoms with van der Waals surface area (Å²) < 4.78 is 18.4. The number of nitrogen functional groups attached to an aromatic ring is 1. The number of aliphatic hydroxyl groups is 4. The number of hydrogen-bond acceptors (Lipinski definition) is 12. The van der Waals surface area contributed by atoms with E-state index in [-0.39, 0.29) is 17.8 Å². The second-order valence-corrected chi connectivity index (χ2v) is 8.15. The molecule has 4 rings (SSSR count). The number of anilines is 1. The lowest BCUT2D eigenvalue weighted by Crippen LogP contribution is -2.40. The van der Waals surface area contributed by atoms with Gasteiger partial charge in [0.2, 0.25) is 0 Å². The van der Waals surface area contributed by atoms with Crippen molar-refractivity contribution >= 4 is 5.82 Å². The van der Waals surface area contributed by atoms with Gasteiger partial charge < -0.3 is 40.4 Å². The van der Waals surface area contributed by atoms with Gasteiger partial charge in [-0.05, 0) is 13.0 Å². The number of aliphatic hydroxyl groups excluding tert-OH is 4. The van der Waals surface area contributed by atoms with Crippen molar-refractivity contribution in [2.45, 2.75) is 62.6 Å². The average Bonchev–Trinajstić information content (AvgIpc) is 3.29. The minimum absolute atomic E-state index is 0.0231. The number of ether oxygens (including phenoxy) is 3. The van der Waals surface area contributed by atoms with Gasteiger partial charge in [0, 0.05) is 24.4 Å². The molecule has 2 aliphatic rings. The van der Waals surface area contributed by atoms with E-state index in [1.54, 1.807) is 0 Å². The van der Waals surface area contributed by atoms with Gasteiger partial charge in [-0.3, -0.25) is 18.9 Å². The molecule has 2 aliphatic heterocycles. The summed E-state index contributed by atoms with van der Waals surface area (Å²) in [5.41, 5.74) is 3.62. The summed E-state index contributed by atoms with van der Waals surface area (Å²) in [7, 11) is 0. The van der Waals surface area contributed by atoms with E-state index in [0.717, 1.165) is 9.13 Å². The Morgan fingerprint density at radius 3 is 2.68 bits per heavy atom. The summed E-state index contributed by atoms with van der Waals surface area (Å²) in [6.07, 6.45) is -8.02. The molecular formula is C19H25N5O10. The largest absolute Gasteiger partial charge is 0.390 e. The molecule has 0 aliphatic carbocycles. The van der Waals surface area contributed by atoms with Crippen LogP contribution in [0.2, 0.25) is 0 Å². The van der Waals surface area contributed by atoms with Crippen LogP contribution >= 0.6 is 0 Å². The summed E-state index contributed by atoms with van der Waals surface area (Å²) >= 11 is 0. The van der Waals surface area contributed by atoms with Gasteiger partial charge in [0.1, 0.15) is 36.5 Å². The molecule has 0 radical (unpaired) electrons. The normalized spacial score (nSPS) is 32.2. The summed E-state index contributed by atoms with van der Waals surface area (Å²) in [5, 5.41) is 41.3. The maximum atomic E-state index is 12.1. The Morgan fingerprint density at radius 1 is 1.24 bits per heavy atom. The molecule has 2 aromatic rings. The molecule has 4 heterocycles. The zero-order valence-electron chi connectivity index (χ0n) is 17.9. The number of nitrogens with two attached hydrogens (primary N) is 1. The number of H-pyrrole nitrogens is 1. The Morgan fingerprint density at radius 2 is 1.97 bits per heavy atom. The van der Waals surface area contributed by atoms with E-state index in [1.807, 2.05) is 0 Å². The first-order valence-electron chi connectivity index (χ1n) is 10.4. The highest BCUT2D eigenvalue weighted by molar-refractivity contribution is 5.23. The standard InChI is InChI=1S/C19H25N5O10/c1-7-5-24(19(31)22-15(7)28)11-4-8(25)14(34-11)17(29)32-6-9-12(26)13(27)16(33-9)23-3-2-10(20)21-18(23)30/h2-3,5,8-9,11-14,16-17,25-27,29H,4,6H2,1H3,(H2,20,21,30)(H,22,28,31)/t8-,9+,11+,12+,13+,14-,16+,17?/m0/s1. The average molecular weight is 483 g/mol. The zero-order chi connectivity index (χ0) is 24.7. The molecule has 0 amide bonds. The molecule has 0 saturated carbocycles. The van der Waals surface area contributed by atoms with Crippen molar-refractivity contribution in [3.63, 3.8) is 0 Å². The van der Waals surface area contributed by atoms with Crippen LogP contribution in [0.15, 0.2) is 32.8 Å². The Hall–Kier alpha value is -2.92. The molecule has 2 fully saturated rings. The van der Waals surface area contributed by atoms with Crippen LogP contribution in [0.1, 0.15) is 24.4 Å². The van der Waals surface area contributed by atoms with Gasteiger partial charge in [-0.25, -0.2) is 9.59 Å². The van der Waals surface area contributed by atoms with E-state index in [9.17, 15) is 34.8 Å². The van der Waals surface area contributed by atoms with Gasteiger partial charge in [-0.2, -0.15) is 4.98 Å². The summed E-state index contributed by atoms with van der Waals surface area (Å²) in [5.74, 6) is -0.0231. The maximum Gasteiger partial charge on any atom is 0.351 e. The molecule has 186 valence electrons. The molecule has 34 heavy (non-hydrogen) atoms. The quantitative estimate of drug-likeness (QED) is 0.218. The van der Waals surface area contributed by atoms with Crippen molar-refractivity contribution in [3.8, 4) is 0 Å². The molecule has 2 aromatic heterocycles. The highest BCUT2D eigenvalue weighted by Gasteiger charge is 2.46. The van der Waals surface area contributed by atoms with E-state index in [4.69, 9.17) is 19.9 Å². The topological polar surface area (TPSA) is 224 Å². The Kier molecular flexibility index (Phi) is 6.68. The Bertz CT molecular complexity index is 1210. The number of nitrogens with one attached hydrogen (secondary N) is 1. The van der Waals surface area contributed by atoms with Gasteiger partial charge in [-0.15, -0.1) is 0 Å². The van der Waals surface area contributed by atoms with Crippen LogP contribution in [0.4, 0.5) is 5.82 Å². The summed E-state index contributed by atoms with van der Waals surface area (Å²) in [6, 6.07) is 1.32. The van der Waals surface area contributed by atoms with Crippen LogP contribution in [-0.2, 0) is 14.2 Å². The van der Waals surface area contributed by atoms with E-state index in [0.29, 0.717) is 0 Å². The predicted molar refractivity (Wildman–Crippen MR) is 111 cm³/mol. The molecule has 15 heteroatoms. The van der Waals surface area contributed by atoms with Crippen molar-refractivity contribution in [1.82, 2.24) is 19.1 Å². The second kappa shape index (κ2) is 9.38. The zero-order valence-corrected chi connectivity index (χ0v) is 17.9. The van der Waals surface area contributed by atoms with Gasteiger partial charge in [-0.1, -0.05) is 0 Å². The van der Waals surface area contributed by atoms with Crippen molar-refractivity contribution in [2.24, 2.45) is 0 Å². The molecular weight excluding hydrogens is 458 g/mol. The fraction of sp³-hybridized carbons (Fsp3) is 0.579. The molecule has 2 saturated heterocycles. The van der Waals surface area contributed by atoms with E-state index in [1.165, 1.54) is 25.4 Å². The Balaban J connectivity index is 1.39. The number of aromatic nitrogens is 4. The highest BCUT2D eigenvalue weighted by atomic mass is 16.7. The first kappa shape index (κ1) is 24.2. The first-order valence-corrected chi connectivity index (χ1v) is 10.4. The molecule has 0 aromatic carbocycles. The number of nitrogens with zero attached hydrogens (tertiary/aromatic N) is 3. The highest BCUT2D eigenvalue weighted by Crippen LogP contribution is 2.32. The van der Waals surface area contributed by atoms with E-state index < -0.39 is 72.8 Å². The lowest BCUT2D eigenvalue weighted by atomic mass is 10.1. The van der Waals surface area contributed by atoms with Crippen molar-refractivity contribution in [3.05, 3.63) is 55.3 Å². The van der Waals surface area contributed by atoms with Crippen molar-refractivity contribution in [2.75, 3.05) is 12.3 Å². The lowest BCUT2D eigenvalue weighted by molar-refractivity contribution is -0.211. The van der Waals surface area contributed by atoms with Crippen LogP contribution < -0.4 is 22.7 Å². The van der Waals surface area contributed by atoms with Crippen LogP contribution in [0, 0.1) is 6.92 Å². The third-order valence-corrected chi connectivity index (χ3v) is 5.77. The van der Waals surface area contributed by atoms with Crippen molar-refractivity contribution in [1.29, 1.82) is 0 Å². The third kappa shape index (κ3) is 4.54. The summed E-state index contributed by atoms with van der Waals surface area (Å²) in [6.45, 7) is 1.07. The fourth-order valence-corrected chi connectivity index (χ4v) is 3.91. The number of hydrogen-bond donors (Lipinski definition) is 6. The molecule has 7 N–H and O–H groups in total. The molecule has 8 atom stereocenters. The van der Waals surface area contributed by atoms with Gasteiger partial charge >= 0.3 is 11.4 Å². The molecule has 0 spiro atoms. The Labute approximate surface area is 190 Å². The predicted octanol–water partition coefficient (Wildman–Crippen LogP) is -3.71. The monoisotopic (exact) mass is 483 g/mol. The van der Waals surface area contributed by atoms with Gasteiger partial charge in [0.15, 0.2) is 12.5 Å². The van der Waals surface area contributed by atoms with Crippen LogP contribution in [-0.4, -0.2) is 82.9 Å². The SMILES string of the molecule is Cc1cn([C@H]2C[C@H](O)[C@@H](C(O)OC[C@H]3O[C@@H](n4ccc(N)nc4=O)[C@H](O)[C@@H]3O)O2)c(=O)[nH]c1=O. The fourth-order valence-electron chi connectivity index (χ4n) is 3.91. The molecule has 0 bridgehead atoms. The van der Waals surface area contributed by atoms with Crippen LogP contribution in [0.5, 0.6) is 0 Å². The smallest absolute Gasteiger partial charge is 0.351 e. The lowest BCUT2D eigenvalue weighted by Gasteiger charge is -2.23. The third-order valence-electron chi connectivity index (χ3n) is 5.77. The summed E-state index contributed by atoms with van der Waals surface area (Å²) in [4.78, 5) is 41.3. The number of aryl methyl sites for hydroxylation is 1. The van der Waals surface area contributed by atoms with Crippen LogP contribution in [0.3, 0.4) is 0 Å². The van der Waals surface area contributed by atoms with Crippen molar-refractivity contribution < 1.29 is 34.6 Å². The number of aromatic amines is 1. The maximum absolute atomic E-state index is 12.1. The first-order chi connectivity index (χ1) is 16.1. The minimum Gasteiger partial charge on any atom is -0.390 e. The van der Waals surface area contributed by atoms with E-state index >= 15 is 0 Å². The second-order valence-electron chi connectivity index (χ2n) is 8.15. The van der Waals surface area contributed by atoms with E-state index in [2.05, 4.69) is 9.97 Å².